The topological polar surface area (TPSA) is 76.7 Å². The van der Waals surface area contributed by atoms with Gasteiger partial charge in [-0.1, -0.05) is 36.4 Å². The van der Waals surface area contributed by atoms with Crippen molar-refractivity contribution in [2.45, 2.75) is 12.5 Å². The molecule has 1 fully saturated rings. The second kappa shape index (κ2) is 8.19. The number of nitrogens with one attached hydrogen (secondary N) is 2. The Kier molecular flexibility index (Phi) is 5.07. The van der Waals surface area contributed by atoms with Gasteiger partial charge in [-0.3, -0.25) is 4.79 Å². The smallest absolute Gasteiger partial charge is 0.407 e. The molecular weight excluding hydrogens is 411 g/mol. The summed E-state index contributed by atoms with van der Waals surface area (Å²) in [6.45, 7) is 0.345. The summed E-state index contributed by atoms with van der Waals surface area (Å²) in [6, 6.07) is 19.2. The van der Waals surface area contributed by atoms with Crippen molar-refractivity contribution in [3.63, 3.8) is 0 Å². The predicted molar refractivity (Wildman–Crippen MR) is 118 cm³/mol. The van der Waals surface area contributed by atoms with Crippen LogP contribution in [-0.4, -0.2) is 24.6 Å². The van der Waals surface area contributed by atoms with E-state index in [1.165, 1.54) is 6.07 Å². The first-order valence-electron chi connectivity index (χ1n) is 10.2. The predicted octanol–water partition coefficient (Wildman–Crippen LogP) is 4.76. The second-order valence-electron chi connectivity index (χ2n) is 7.64. The molecule has 2 heterocycles. The molecule has 0 aromatic heterocycles. The van der Waals surface area contributed by atoms with E-state index in [1.54, 1.807) is 30.3 Å². The van der Waals surface area contributed by atoms with Crippen LogP contribution >= 0.6 is 0 Å². The van der Waals surface area contributed by atoms with Gasteiger partial charge in [-0.25, -0.2) is 9.18 Å². The molecule has 0 aliphatic carbocycles. The molecule has 6 nitrogen and oxygen atoms in total. The molecule has 1 saturated heterocycles. The molecule has 7 heteroatoms. The van der Waals surface area contributed by atoms with Gasteiger partial charge in [0.1, 0.15) is 12.4 Å². The van der Waals surface area contributed by atoms with Gasteiger partial charge in [0.25, 0.3) is 5.91 Å². The van der Waals surface area contributed by atoms with Crippen LogP contribution in [0.2, 0.25) is 0 Å². The molecule has 0 spiro atoms. The molecule has 2 aliphatic heterocycles. The van der Waals surface area contributed by atoms with Crippen LogP contribution in [0.15, 0.2) is 66.7 Å². The van der Waals surface area contributed by atoms with E-state index >= 15 is 0 Å². The van der Waals surface area contributed by atoms with E-state index < -0.39 is 11.9 Å². The Hall–Kier alpha value is -4.13. The first-order valence-corrected chi connectivity index (χ1v) is 10.2. The second-order valence-corrected chi connectivity index (χ2v) is 7.64. The maximum atomic E-state index is 14.7. The number of cyclic esters (lactones) is 1. The van der Waals surface area contributed by atoms with E-state index in [9.17, 15) is 14.0 Å². The summed E-state index contributed by atoms with van der Waals surface area (Å²) >= 11 is 0. The molecule has 32 heavy (non-hydrogen) atoms. The number of carbonyl (C=O) groups is 2. The summed E-state index contributed by atoms with van der Waals surface area (Å²) in [5.41, 5.74) is 3.60. The molecule has 3 aromatic carbocycles. The van der Waals surface area contributed by atoms with E-state index in [0.29, 0.717) is 29.9 Å². The first kappa shape index (κ1) is 19.8. The van der Waals surface area contributed by atoms with Crippen LogP contribution in [0.3, 0.4) is 0 Å². The van der Waals surface area contributed by atoms with Gasteiger partial charge >= 0.3 is 6.09 Å². The highest BCUT2D eigenvalue weighted by Gasteiger charge is 2.24. The van der Waals surface area contributed by atoms with Gasteiger partial charge in [-0.05, 0) is 54.0 Å². The lowest BCUT2D eigenvalue weighted by Gasteiger charge is -2.10. The fraction of sp³-hybridized carbons (Fsp3) is 0.120. The summed E-state index contributed by atoms with van der Waals surface area (Å²) in [5, 5.41) is 5.53. The van der Waals surface area contributed by atoms with E-state index in [4.69, 9.17) is 9.47 Å². The number of alkyl carbamates (subject to hydrolysis) is 1. The first-order chi connectivity index (χ1) is 15.5. The lowest BCUT2D eigenvalue weighted by molar-refractivity contribution is -0.110. The molecule has 0 radical (unpaired) electrons. The van der Waals surface area contributed by atoms with Crippen molar-refractivity contribution in [1.29, 1.82) is 0 Å². The molecular formula is C25H19FN2O4. The number of benzene rings is 3. The maximum absolute atomic E-state index is 14.7. The average molecular weight is 430 g/mol. The van der Waals surface area contributed by atoms with Crippen LogP contribution in [0.1, 0.15) is 16.7 Å². The van der Waals surface area contributed by atoms with Gasteiger partial charge in [0.05, 0.1) is 6.04 Å². The van der Waals surface area contributed by atoms with Crippen LogP contribution in [0.5, 0.6) is 11.5 Å². The van der Waals surface area contributed by atoms with E-state index in [-0.39, 0.29) is 17.7 Å². The number of anilines is 1. The van der Waals surface area contributed by atoms with Gasteiger partial charge in [-0.2, -0.15) is 0 Å². The van der Waals surface area contributed by atoms with E-state index in [0.717, 1.165) is 16.8 Å². The number of carbonyl (C=O) groups excluding carboxylic acids is 2. The Morgan fingerprint density at radius 3 is 2.62 bits per heavy atom. The zero-order valence-electron chi connectivity index (χ0n) is 16.9. The van der Waals surface area contributed by atoms with Crippen molar-refractivity contribution in [2.24, 2.45) is 0 Å². The zero-order chi connectivity index (χ0) is 22.1. The van der Waals surface area contributed by atoms with Gasteiger partial charge in [0.15, 0.2) is 11.6 Å². The number of hydrogen-bond donors (Lipinski definition) is 2. The molecule has 1 atom stereocenters. The van der Waals surface area contributed by atoms with Crippen molar-refractivity contribution < 1.29 is 23.5 Å². The van der Waals surface area contributed by atoms with Gasteiger partial charge in [0, 0.05) is 16.8 Å². The Morgan fingerprint density at radius 2 is 1.88 bits per heavy atom. The number of fused-ring (bicyclic) bond motifs is 1. The number of ether oxygens (including phenoxy) is 2. The standard InChI is InChI=1S/C25H19FN2O4/c26-21-13-16(12-20-19-3-1-2-4-22(19)28-24(20)29)7-10-23(21)32-18-8-5-15(6-9-18)11-17-14-31-25(30)27-17/h1-10,12-13,17H,11,14H2,(H,27,30)(H,28,29). The normalized spacial score (nSPS) is 18.2. The largest absolute Gasteiger partial charge is 0.454 e. The molecule has 1 unspecified atom stereocenters. The Balaban J connectivity index is 1.29. The molecule has 2 aliphatic rings. The van der Waals surface area contributed by atoms with E-state index in [2.05, 4.69) is 10.6 Å². The third-order valence-electron chi connectivity index (χ3n) is 5.35. The van der Waals surface area contributed by atoms with Crippen LogP contribution in [-0.2, 0) is 16.0 Å². The minimum atomic E-state index is -0.527. The van der Waals surface area contributed by atoms with Gasteiger partial charge < -0.3 is 20.1 Å². The number of para-hydroxylation sites is 1. The molecule has 5 rings (SSSR count). The number of rotatable bonds is 5. The molecule has 3 aromatic rings. The number of amides is 2. The Labute approximate surface area is 183 Å². The summed E-state index contributed by atoms with van der Waals surface area (Å²) in [6.07, 6.45) is 1.90. The minimum Gasteiger partial charge on any atom is -0.454 e. The quantitative estimate of drug-likeness (QED) is 0.572. The van der Waals surface area contributed by atoms with Crippen LogP contribution < -0.4 is 15.4 Å². The fourth-order valence-corrected chi connectivity index (χ4v) is 3.78. The highest BCUT2D eigenvalue weighted by molar-refractivity contribution is 6.34. The number of halogens is 1. The third-order valence-corrected chi connectivity index (χ3v) is 5.35. The lowest BCUT2D eigenvalue weighted by Crippen LogP contribution is -2.28. The van der Waals surface area contributed by atoms with Gasteiger partial charge in [-0.15, -0.1) is 0 Å². The average Bonchev–Trinajstić information content (AvgIpc) is 3.33. The molecule has 160 valence electrons. The van der Waals surface area contributed by atoms with Crippen molar-refractivity contribution in [3.05, 3.63) is 89.2 Å². The van der Waals surface area contributed by atoms with Crippen molar-refractivity contribution in [2.75, 3.05) is 11.9 Å². The monoisotopic (exact) mass is 430 g/mol. The Bertz CT molecular complexity index is 1240. The van der Waals surface area contributed by atoms with Crippen LogP contribution in [0.4, 0.5) is 14.9 Å². The summed E-state index contributed by atoms with van der Waals surface area (Å²) in [7, 11) is 0. The van der Waals surface area contributed by atoms with Crippen LogP contribution in [0, 0.1) is 5.82 Å². The zero-order valence-corrected chi connectivity index (χ0v) is 16.9. The SMILES string of the molecule is O=C1NC(Cc2ccc(Oc3ccc(C=C4C(=O)Nc5ccccc54)cc3F)cc2)CO1. The highest BCUT2D eigenvalue weighted by atomic mass is 19.1. The molecule has 2 N–H and O–H groups in total. The van der Waals surface area contributed by atoms with Gasteiger partial charge in [0.2, 0.25) is 0 Å². The fourth-order valence-electron chi connectivity index (χ4n) is 3.78. The Morgan fingerprint density at radius 1 is 1.06 bits per heavy atom. The maximum Gasteiger partial charge on any atom is 0.407 e. The summed E-state index contributed by atoms with van der Waals surface area (Å²) in [5.74, 6) is -0.154. The molecule has 0 bridgehead atoms. The highest BCUT2D eigenvalue weighted by Crippen LogP contribution is 2.33. The van der Waals surface area contributed by atoms with Crippen molar-refractivity contribution in [1.82, 2.24) is 5.32 Å². The van der Waals surface area contributed by atoms with Crippen LogP contribution in [0.25, 0.3) is 11.6 Å². The summed E-state index contributed by atoms with van der Waals surface area (Å²) in [4.78, 5) is 23.4. The molecule has 0 saturated carbocycles. The lowest BCUT2D eigenvalue weighted by atomic mass is 10.0. The van der Waals surface area contributed by atoms with Crippen molar-refractivity contribution >= 4 is 29.3 Å². The number of hydrogen-bond acceptors (Lipinski definition) is 4. The molecule has 2 amide bonds. The minimum absolute atomic E-state index is 0.0534. The summed E-state index contributed by atoms with van der Waals surface area (Å²) < 4.78 is 25.3. The van der Waals surface area contributed by atoms with Crippen molar-refractivity contribution in [3.8, 4) is 11.5 Å². The van der Waals surface area contributed by atoms with E-state index in [1.807, 2.05) is 36.4 Å². The third kappa shape index (κ3) is 4.05.